The lowest BCUT2D eigenvalue weighted by molar-refractivity contribution is -0.149. The lowest BCUT2D eigenvalue weighted by Crippen LogP contribution is -2.24. The number of carbonyl (C=O) groups is 1. The average molecular weight is 232 g/mol. The molecule has 0 bridgehead atoms. The van der Waals surface area contributed by atoms with Crippen molar-refractivity contribution in [2.24, 2.45) is 0 Å². The van der Waals surface area contributed by atoms with Crippen molar-refractivity contribution in [3.63, 3.8) is 0 Å². The van der Waals surface area contributed by atoms with Crippen molar-refractivity contribution in [3.05, 3.63) is 0 Å². The van der Waals surface area contributed by atoms with Gasteiger partial charge in [-0.15, -0.1) is 0 Å². The van der Waals surface area contributed by atoms with Gasteiger partial charge < -0.3 is 18.9 Å². The molecule has 1 aliphatic heterocycles. The molecule has 0 aromatic heterocycles. The van der Waals surface area contributed by atoms with Crippen LogP contribution in [-0.2, 0) is 23.7 Å². The van der Waals surface area contributed by atoms with Crippen molar-refractivity contribution >= 4 is 5.97 Å². The predicted molar refractivity (Wildman–Crippen MR) is 57.0 cm³/mol. The monoisotopic (exact) mass is 232 g/mol. The molecule has 0 amide bonds. The first-order valence-electron chi connectivity index (χ1n) is 5.58. The Morgan fingerprint density at radius 1 is 1.50 bits per heavy atom. The Labute approximate surface area is 96.0 Å². The van der Waals surface area contributed by atoms with Gasteiger partial charge in [-0.05, 0) is 20.8 Å². The summed E-state index contributed by atoms with van der Waals surface area (Å²) in [4.78, 5) is 11.0. The molecule has 1 fully saturated rings. The summed E-state index contributed by atoms with van der Waals surface area (Å²) in [5, 5.41) is 0. The maximum absolute atomic E-state index is 11.0. The van der Waals surface area contributed by atoms with Gasteiger partial charge in [-0.25, -0.2) is 0 Å². The van der Waals surface area contributed by atoms with E-state index >= 15 is 0 Å². The Kier molecular flexibility index (Phi) is 5.18. The first kappa shape index (κ1) is 13.4. The summed E-state index contributed by atoms with van der Waals surface area (Å²) in [7, 11) is 0. The topological polar surface area (TPSA) is 54.0 Å². The SMILES string of the molecule is CCOC(=O)CCOCC1COC(C)(C)O1. The number of hydrogen-bond acceptors (Lipinski definition) is 5. The molecular weight excluding hydrogens is 212 g/mol. The van der Waals surface area contributed by atoms with Gasteiger partial charge in [-0.3, -0.25) is 4.79 Å². The molecule has 0 N–H and O–H groups in total. The van der Waals surface area contributed by atoms with E-state index in [4.69, 9.17) is 18.9 Å². The highest BCUT2D eigenvalue weighted by molar-refractivity contribution is 5.69. The van der Waals surface area contributed by atoms with E-state index < -0.39 is 5.79 Å². The van der Waals surface area contributed by atoms with E-state index in [1.165, 1.54) is 0 Å². The second kappa shape index (κ2) is 6.18. The zero-order chi connectivity index (χ0) is 12.0. The van der Waals surface area contributed by atoms with Crippen LogP contribution in [0.4, 0.5) is 0 Å². The molecule has 0 saturated carbocycles. The smallest absolute Gasteiger partial charge is 0.308 e. The number of hydrogen-bond donors (Lipinski definition) is 0. The van der Waals surface area contributed by atoms with Crippen molar-refractivity contribution in [2.75, 3.05) is 26.4 Å². The molecule has 1 atom stereocenters. The van der Waals surface area contributed by atoms with E-state index in [9.17, 15) is 4.79 Å². The van der Waals surface area contributed by atoms with Crippen LogP contribution in [-0.4, -0.2) is 44.3 Å². The van der Waals surface area contributed by atoms with Gasteiger partial charge in [0.05, 0.1) is 32.8 Å². The maximum atomic E-state index is 11.0. The van der Waals surface area contributed by atoms with Gasteiger partial charge in [0.15, 0.2) is 5.79 Å². The fraction of sp³-hybridized carbons (Fsp3) is 0.909. The molecule has 0 radical (unpaired) electrons. The molecule has 5 heteroatoms. The summed E-state index contributed by atoms with van der Waals surface area (Å²) >= 11 is 0. The average Bonchev–Trinajstić information content (AvgIpc) is 2.54. The third-order valence-corrected chi connectivity index (χ3v) is 2.13. The molecule has 94 valence electrons. The molecule has 1 unspecified atom stereocenters. The van der Waals surface area contributed by atoms with E-state index in [2.05, 4.69) is 0 Å². The minimum atomic E-state index is -0.519. The van der Waals surface area contributed by atoms with Crippen LogP contribution in [0, 0.1) is 0 Å². The Morgan fingerprint density at radius 2 is 2.25 bits per heavy atom. The number of esters is 1. The van der Waals surface area contributed by atoms with Gasteiger partial charge in [-0.1, -0.05) is 0 Å². The van der Waals surface area contributed by atoms with Gasteiger partial charge in [-0.2, -0.15) is 0 Å². The fourth-order valence-electron chi connectivity index (χ4n) is 1.45. The van der Waals surface area contributed by atoms with Crippen LogP contribution < -0.4 is 0 Å². The maximum Gasteiger partial charge on any atom is 0.308 e. The van der Waals surface area contributed by atoms with E-state index in [0.29, 0.717) is 26.4 Å². The van der Waals surface area contributed by atoms with Crippen LogP contribution in [0.2, 0.25) is 0 Å². The quantitative estimate of drug-likeness (QED) is 0.507. The van der Waals surface area contributed by atoms with Crippen molar-refractivity contribution < 1.29 is 23.7 Å². The van der Waals surface area contributed by atoms with Crippen LogP contribution in [0.1, 0.15) is 27.2 Å². The molecule has 0 aromatic carbocycles. The van der Waals surface area contributed by atoms with Crippen molar-refractivity contribution in [1.82, 2.24) is 0 Å². The summed E-state index contributed by atoms with van der Waals surface area (Å²) in [5.41, 5.74) is 0. The minimum Gasteiger partial charge on any atom is -0.466 e. The lowest BCUT2D eigenvalue weighted by atomic mass is 10.4. The Hall–Kier alpha value is -0.650. The van der Waals surface area contributed by atoms with Gasteiger partial charge in [0.1, 0.15) is 6.10 Å². The zero-order valence-corrected chi connectivity index (χ0v) is 10.2. The first-order valence-corrected chi connectivity index (χ1v) is 5.58. The molecule has 0 aliphatic carbocycles. The first-order chi connectivity index (χ1) is 7.53. The summed E-state index contributed by atoms with van der Waals surface area (Å²) < 4.78 is 21.0. The van der Waals surface area contributed by atoms with Crippen molar-refractivity contribution in [3.8, 4) is 0 Å². The van der Waals surface area contributed by atoms with E-state index in [1.807, 2.05) is 13.8 Å². The highest BCUT2D eigenvalue weighted by Crippen LogP contribution is 2.22. The molecule has 5 nitrogen and oxygen atoms in total. The van der Waals surface area contributed by atoms with E-state index in [-0.39, 0.29) is 18.5 Å². The van der Waals surface area contributed by atoms with Gasteiger partial charge in [0, 0.05) is 0 Å². The second-order valence-corrected chi connectivity index (χ2v) is 4.08. The van der Waals surface area contributed by atoms with Gasteiger partial charge in [0.25, 0.3) is 0 Å². The summed E-state index contributed by atoms with van der Waals surface area (Å²) in [6, 6.07) is 0. The van der Waals surface area contributed by atoms with Crippen LogP contribution in [0.5, 0.6) is 0 Å². The molecule has 1 aliphatic rings. The van der Waals surface area contributed by atoms with Crippen molar-refractivity contribution in [2.45, 2.75) is 39.1 Å². The molecule has 0 aromatic rings. The van der Waals surface area contributed by atoms with Crippen LogP contribution in [0.3, 0.4) is 0 Å². The highest BCUT2D eigenvalue weighted by Gasteiger charge is 2.32. The summed E-state index contributed by atoms with van der Waals surface area (Å²) in [6.07, 6.45) is 0.238. The highest BCUT2D eigenvalue weighted by atomic mass is 16.7. The number of rotatable bonds is 6. The Balaban J connectivity index is 2.02. The fourth-order valence-corrected chi connectivity index (χ4v) is 1.45. The molecular formula is C11H20O5. The zero-order valence-electron chi connectivity index (χ0n) is 10.2. The third kappa shape index (κ3) is 4.92. The second-order valence-electron chi connectivity index (χ2n) is 4.08. The Bertz CT molecular complexity index is 226. The summed E-state index contributed by atoms with van der Waals surface area (Å²) in [5.74, 6) is -0.749. The Morgan fingerprint density at radius 3 is 2.81 bits per heavy atom. The lowest BCUT2D eigenvalue weighted by Gasteiger charge is -2.16. The van der Waals surface area contributed by atoms with Crippen LogP contribution >= 0.6 is 0 Å². The summed E-state index contributed by atoms with van der Waals surface area (Å²) in [6.45, 7) is 7.27. The molecule has 0 spiro atoms. The van der Waals surface area contributed by atoms with Crippen LogP contribution in [0.25, 0.3) is 0 Å². The molecule has 1 rings (SSSR count). The largest absolute Gasteiger partial charge is 0.466 e. The van der Waals surface area contributed by atoms with Gasteiger partial charge >= 0.3 is 5.97 Å². The number of ether oxygens (including phenoxy) is 4. The van der Waals surface area contributed by atoms with E-state index in [0.717, 1.165) is 0 Å². The third-order valence-electron chi connectivity index (χ3n) is 2.13. The number of carbonyl (C=O) groups excluding carboxylic acids is 1. The normalized spacial score (nSPS) is 23.3. The van der Waals surface area contributed by atoms with Crippen LogP contribution in [0.15, 0.2) is 0 Å². The predicted octanol–water partition coefficient (Wildman–Crippen LogP) is 1.11. The van der Waals surface area contributed by atoms with Gasteiger partial charge in [0.2, 0.25) is 0 Å². The minimum absolute atomic E-state index is 0.0443. The van der Waals surface area contributed by atoms with Crippen molar-refractivity contribution in [1.29, 1.82) is 0 Å². The molecule has 1 saturated heterocycles. The van der Waals surface area contributed by atoms with E-state index in [1.54, 1.807) is 6.92 Å². The molecule has 1 heterocycles. The molecule has 16 heavy (non-hydrogen) atoms. The standard InChI is InChI=1S/C11H20O5/c1-4-14-10(12)5-6-13-7-9-8-15-11(2,3)16-9/h9H,4-8H2,1-3H3.